The molecule has 0 heterocycles. The Morgan fingerprint density at radius 1 is 1.24 bits per heavy atom. The lowest BCUT2D eigenvalue weighted by Gasteiger charge is -2.12. The first-order valence-corrected chi connectivity index (χ1v) is 7.81. The summed E-state index contributed by atoms with van der Waals surface area (Å²) in [5.41, 5.74) is 1.39. The molecule has 0 spiro atoms. The van der Waals surface area contributed by atoms with Crippen molar-refractivity contribution in [2.45, 2.75) is 13.3 Å². The average molecular weight is 366 g/mol. The summed E-state index contributed by atoms with van der Waals surface area (Å²) in [6.45, 7) is 1.30. The number of rotatable bonds is 6. The number of aryl methyl sites for hydroxylation is 1. The van der Waals surface area contributed by atoms with Crippen LogP contribution in [-0.2, 0) is 20.7 Å². The second-order valence-corrected chi connectivity index (χ2v) is 5.69. The third-order valence-electron chi connectivity index (χ3n) is 3.41. The SMILES string of the molecule is COc1cc(Cl)c(C)cc1NC(=O)COC(=O)Cc1ccccc1F. The second-order valence-electron chi connectivity index (χ2n) is 5.28. The van der Waals surface area contributed by atoms with Crippen molar-refractivity contribution in [3.05, 3.63) is 58.4 Å². The standard InChI is InChI=1S/C18H17ClFNO4/c1-11-7-15(16(24-2)9-13(11)19)21-17(22)10-25-18(23)8-12-5-3-4-6-14(12)20/h3-7,9H,8,10H2,1-2H3,(H,21,22). The molecule has 2 rings (SSSR count). The second kappa shape index (κ2) is 8.48. The third kappa shape index (κ3) is 5.19. The largest absolute Gasteiger partial charge is 0.495 e. The van der Waals surface area contributed by atoms with E-state index >= 15 is 0 Å². The van der Waals surface area contributed by atoms with E-state index in [0.29, 0.717) is 16.5 Å². The zero-order valence-electron chi connectivity index (χ0n) is 13.8. The van der Waals surface area contributed by atoms with Crippen LogP contribution in [0.4, 0.5) is 10.1 Å². The molecule has 0 aromatic heterocycles. The van der Waals surface area contributed by atoms with E-state index in [9.17, 15) is 14.0 Å². The van der Waals surface area contributed by atoms with Crippen LogP contribution >= 0.6 is 11.6 Å². The number of carbonyl (C=O) groups is 2. The minimum Gasteiger partial charge on any atom is -0.495 e. The van der Waals surface area contributed by atoms with Crippen molar-refractivity contribution in [3.8, 4) is 5.75 Å². The molecule has 1 amide bonds. The number of nitrogens with one attached hydrogen (secondary N) is 1. The maximum Gasteiger partial charge on any atom is 0.310 e. The Morgan fingerprint density at radius 3 is 2.64 bits per heavy atom. The van der Waals surface area contributed by atoms with Gasteiger partial charge in [-0.2, -0.15) is 0 Å². The Kier molecular flexibility index (Phi) is 6.36. The fourth-order valence-electron chi connectivity index (χ4n) is 2.11. The third-order valence-corrected chi connectivity index (χ3v) is 3.82. The summed E-state index contributed by atoms with van der Waals surface area (Å²) in [6.07, 6.45) is -0.247. The van der Waals surface area contributed by atoms with Crippen LogP contribution in [0, 0.1) is 12.7 Å². The van der Waals surface area contributed by atoms with Crippen molar-refractivity contribution < 1.29 is 23.5 Å². The topological polar surface area (TPSA) is 64.6 Å². The van der Waals surface area contributed by atoms with Crippen LogP contribution in [0.2, 0.25) is 5.02 Å². The van der Waals surface area contributed by atoms with Gasteiger partial charge in [-0.05, 0) is 30.2 Å². The summed E-state index contributed by atoms with van der Waals surface area (Å²) in [7, 11) is 1.45. The van der Waals surface area contributed by atoms with Crippen LogP contribution in [-0.4, -0.2) is 25.6 Å². The molecular formula is C18H17ClFNO4. The monoisotopic (exact) mass is 365 g/mol. The molecule has 25 heavy (non-hydrogen) atoms. The maximum absolute atomic E-state index is 13.5. The molecule has 2 aromatic rings. The number of benzene rings is 2. The Bertz CT molecular complexity index is 795. The highest BCUT2D eigenvalue weighted by Gasteiger charge is 2.14. The molecule has 0 saturated heterocycles. The van der Waals surface area contributed by atoms with Gasteiger partial charge in [-0.1, -0.05) is 29.8 Å². The van der Waals surface area contributed by atoms with E-state index in [1.807, 2.05) is 0 Å². The minimum absolute atomic E-state index is 0.211. The molecule has 0 aliphatic carbocycles. The number of ether oxygens (including phenoxy) is 2. The average Bonchev–Trinajstić information content (AvgIpc) is 2.58. The van der Waals surface area contributed by atoms with Gasteiger partial charge in [-0.15, -0.1) is 0 Å². The zero-order valence-corrected chi connectivity index (χ0v) is 14.5. The predicted octanol–water partition coefficient (Wildman–Crippen LogP) is 3.52. The highest BCUT2D eigenvalue weighted by molar-refractivity contribution is 6.31. The van der Waals surface area contributed by atoms with Crippen LogP contribution in [0.3, 0.4) is 0 Å². The normalized spacial score (nSPS) is 10.2. The van der Waals surface area contributed by atoms with Crippen molar-refractivity contribution in [1.82, 2.24) is 0 Å². The lowest BCUT2D eigenvalue weighted by Crippen LogP contribution is -2.22. The summed E-state index contributed by atoms with van der Waals surface area (Å²) in [6, 6.07) is 9.12. The fraction of sp³-hybridized carbons (Fsp3) is 0.222. The van der Waals surface area contributed by atoms with Gasteiger partial charge in [0.1, 0.15) is 11.6 Å². The van der Waals surface area contributed by atoms with Crippen LogP contribution in [0.15, 0.2) is 36.4 Å². The number of methoxy groups -OCH3 is 1. The van der Waals surface area contributed by atoms with Gasteiger partial charge in [-0.25, -0.2) is 4.39 Å². The zero-order chi connectivity index (χ0) is 18.4. The first-order valence-electron chi connectivity index (χ1n) is 7.43. The molecule has 132 valence electrons. The van der Waals surface area contributed by atoms with Crippen molar-refractivity contribution in [2.75, 3.05) is 19.0 Å². The number of hydrogen-bond acceptors (Lipinski definition) is 4. The van der Waals surface area contributed by atoms with Crippen molar-refractivity contribution in [1.29, 1.82) is 0 Å². The Balaban J connectivity index is 1.92. The maximum atomic E-state index is 13.5. The summed E-state index contributed by atoms with van der Waals surface area (Å²) < 4.78 is 23.5. The van der Waals surface area contributed by atoms with Gasteiger partial charge in [0.2, 0.25) is 0 Å². The lowest BCUT2D eigenvalue weighted by molar-refractivity contribution is -0.146. The molecule has 0 saturated carbocycles. The van der Waals surface area contributed by atoms with Crippen LogP contribution in [0.5, 0.6) is 5.75 Å². The Labute approximate surface area is 149 Å². The van der Waals surface area contributed by atoms with E-state index < -0.39 is 24.3 Å². The number of carbonyl (C=O) groups excluding carboxylic acids is 2. The highest BCUT2D eigenvalue weighted by atomic mass is 35.5. The van der Waals surface area contributed by atoms with Gasteiger partial charge in [0.15, 0.2) is 6.61 Å². The molecule has 0 bridgehead atoms. The molecule has 0 aliphatic heterocycles. The van der Waals surface area contributed by atoms with E-state index in [1.54, 1.807) is 25.1 Å². The number of amides is 1. The molecule has 1 N–H and O–H groups in total. The van der Waals surface area contributed by atoms with E-state index in [1.165, 1.54) is 25.3 Å². The first kappa shape index (κ1) is 18.7. The number of anilines is 1. The molecule has 0 unspecified atom stereocenters. The molecule has 7 heteroatoms. The first-order chi connectivity index (χ1) is 11.9. The molecular weight excluding hydrogens is 349 g/mol. The van der Waals surface area contributed by atoms with Gasteiger partial charge in [0.25, 0.3) is 5.91 Å². The molecule has 0 fully saturated rings. The number of hydrogen-bond donors (Lipinski definition) is 1. The molecule has 0 radical (unpaired) electrons. The summed E-state index contributed by atoms with van der Waals surface area (Å²) in [5, 5.41) is 3.09. The quantitative estimate of drug-likeness (QED) is 0.795. The highest BCUT2D eigenvalue weighted by Crippen LogP contribution is 2.30. The van der Waals surface area contributed by atoms with E-state index in [0.717, 1.165) is 5.56 Å². The summed E-state index contributed by atoms with van der Waals surface area (Å²) in [4.78, 5) is 23.7. The molecule has 5 nitrogen and oxygen atoms in total. The summed E-state index contributed by atoms with van der Waals surface area (Å²) in [5.74, 6) is -1.34. The van der Waals surface area contributed by atoms with Crippen molar-refractivity contribution in [2.24, 2.45) is 0 Å². The van der Waals surface area contributed by atoms with Crippen LogP contribution in [0.25, 0.3) is 0 Å². The summed E-state index contributed by atoms with van der Waals surface area (Å²) >= 11 is 6.00. The Hall–Kier alpha value is -2.60. The van der Waals surface area contributed by atoms with Gasteiger partial charge in [0.05, 0.1) is 19.2 Å². The number of esters is 1. The minimum atomic E-state index is -0.695. The van der Waals surface area contributed by atoms with Gasteiger partial charge in [0, 0.05) is 11.1 Å². The van der Waals surface area contributed by atoms with Gasteiger partial charge in [-0.3, -0.25) is 9.59 Å². The van der Waals surface area contributed by atoms with Crippen molar-refractivity contribution >= 4 is 29.2 Å². The smallest absolute Gasteiger partial charge is 0.310 e. The molecule has 0 atom stereocenters. The fourth-order valence-corrected chi connectivity index (χ4v) is 2.26. The van der Waals surface area contributed by atoms with Crippen LogP contribution in [0.1, 0.15) is 11.1 Å². The Morgan fingerprint density at radius 2 is 1.96 bits per heavy atom. The van der Waals surface area contributed by atoms with Gasteiger partial charge >= 0.3 is 5.97 Å². The van der Waals surface area contributed by atoms with E-state index in [2.05, 4.69) is 5.32 Å². The van der Waals surface area contributed by atoms with Gasteiger partial charge < -0.3 is 14.8 Å². The predicted molar refractivity (Wildman–Crippen MR) is 92.4 cm³/mol. The number of halogens is 2. The lowest BCUT2D eigenvalue weighted by atomic mass is 10.1. The molecule has 2 aromatic carbocycles. The van der Waals surface area contributed by atoms with E-state index in [-0.39, 0.29) is 12.0 Å². The molecule has 0 aliphatic rings. The van der Waals surface area contributed by atoms with Crippen molar-refractivity contribution in [3.63, 3.8) is 0 Å². The van der Waals surface area contributed by atoms with Crippen LogP contribution < -0.4 is 10.1 Å². The van der Waals surface area contributed by atoms with E-state index in [4.69, 9.17) is 21.1 Å².